The number of benzene rings is 1. The van der Waals surface area contributed by atoms with E-state index >= 15 is 0 Å². The lowest BCUT2D eigenvalue weighted by atomic mass is 10.3. The Kier molecular flexibility index (Phi) is 2.32. The molecule has 5 N–H and O–H groups in total. The molecule has 0 radical (unpaired) electrons. The van der Waals surface area contributed by atoms with Gasteiger partial charge < -0.3 is 5.73 Å². The van der Waals surface area contributed by atoms with Crippen molar-refractivity contribution in [2.24, 2.45) is 5.84 Å². The minimum atomic E-state index is -3.63. The van der Waals surface area contributed by atoms with E-state index in [0.717, 1.165) is 0 Å². The maximum Gasteiger partial charge on any atom is 0.255 e. The molecule has 12 heavy (non-hydrogen) atoms. The highest BCUT2D eigenvalue weighted by atomic mass is 32.2. The lowest BCUT2D eigenvalue weighted by Crippen LogP contribution is -2.30. The molecule has 0 amide bonds. The Bertz CT molecular complexity index is 374. The molecule has 1 aromatic carbocycles. The van der Waals surface area contributed by atoms with Gasteiger partial charge in [0.2, 0.25) is 0 Å². The average Bonchev–Trinajstić information content (AvgIpc) is 2.05. The molecule has 66 valence electrons. The first kappa shape index (κ1) is 8.98. The van der Waals surface area contributed by atoms with E-state index in [2.05, 4.69) is 0 Å². The highest BCUT2D eigenvalue weighted by molar-refractivity contribution is 7.89. The van der Waals surface area contributed by atoms with Crippen LogP contribution in [0.4, 0.5) is 5.69 Å². The molecule has 0 atom stereocenters. The number of nitrogen functional groups attached to an aromatic ring is 1. The summed E-state index contributed by atoms with van der Waals surface area (Å²) in [7, 11) is -3.63. The maximum atomic E-state index is 11.1. The van der Waals surface area contributed by atoms with Gasteiger partial charge in [-0.15, -0.1) is 4.83 Å². The molecule has 0 unspecified atom stereocenters. The fourth-order valence-corrected chi connectivity index (χ4v) is 1.55. The number of nitrogens with two attached hydrogens (primary N) is 2. The zero-order valence-corrected chi connectivity index (χ0v) is 7.01. The molecule has 1 rings (SSSR count). The van der Waals surface area contributed by atoms with Crippen LogP contribution in [0.2, 0.25) is 0 Å². The molecule has 1 aromatic rings. The number of rotatable bonds is 2. The summed E-state index contributed by atoms with van der Waals surface area (Å²) in [5.41, 5.74) is 5.58. The predicted molar refractivity (Wildman–Crippen MR) is 45.4 cm³/mol. The first-order valence-electron chi connectivity index (χ1n) is 3.15. The Morgan fingerprint density at radius 3 is 2.33 bits per heavy atom. The number of hydrogen-bond acceptors (Lipinski definition) is 4. The summed E-state index contributed by atoms with van der Waals surface area (Å²) in [4.78, 5) is 1.68. The summed E-state index contributed by atoms with van der Waals surface area (Å²) >= 11 is 0. The Morgan fingerprint density at radius 1 is 1.25 bits per heavy atom. The third kappa shape index (κ3) is 1.55. The van der Waals surface area contributed by atoms with Crippen molar-refractivity contribution in [1.29, 1.82) is 0 Å². The van der Waals surface area contributed by atoms with E-state index in [1.165, 1.54) is 12.1 Å². The fraction of sp³-hybridized carbons (Fsp3) is 0. The van der Waals surface area contributed by atoms with Crippen molar-refractivity contribution in [2.45, 2.75) is 4.90 Å². The monoisotopic (exact) mass is 187 g/mol. The second-order valence-electron chi connectivity index (χ2n) is 2.16. The Labute approximate surface area is 70.4 Å². The van der Waals surface area contributed by atoms with Crippen LogP contribution in [-0.2, 0) is 10.0 Å². The van der Waals surface area contributed by atoms with Crippen LogP contribution in [0.25, 0.3) is 0 Å². The molecule has 0 spiro atoms. The van der Waals surface area contributed by atoms with E-state index in [1.54, 1.807) is 17.0 Å². The van der Waals surface area contributed by atoms with Crippen LogP contribution in [-0.4, -0.2) is 8.42 Å². The van der Waals surface area contributed by atoms with Crippen LogP contribution in [0.5, 0.6) is 0 Å². The molecular formula is C6H9N3O2S. The Hall–Kier alpha value is -1.11. The largest absolute Gasteiger partial charge is 0.398 e. The highest BCUT2D eigenvalue weighted by Gasteiger charge is 2.13. The summed E-state index contributed by atoms with van der Waals surface area (Å²) in [6, 6.07) is 6.08. The van der Waals surface area contributed by atoms with Crippen molar-refractivity contribution < 1.29 is 8.42 Å². The lowest BCUT2D eigenvalue weighted by molar-refractivity contribution is 0.584. The SMILES string of the molecule is NNS(=O)(=O)c1ccccc1N. The zero-order valence-electron chi connectivity index (χ0n) is 6.19. The molecule has 0 bridgehead atoms. The number of para-hydroxylation sites is 1. The van der Waals surface area contributed by atoms with Gasteiger partial charge in [0.15, 0.2) is 0 Å². The molecular weight excluding hydrogens is 178 g/mol. The van der Waals surface area contributed by atoms with E-state index in [0.29, 0.717) is 0 Å². The van der Waals surface area contributed by atoms with E-state index in [9.17, 15) is 8.42 Å². The summed E-state index contributed by atoms with van der Waals surface area (Å²) in [6.07, 6.45) is 0. The topological polar surface area (TPSA) is 98.2 Å². The summed E-state index contributed by atoms with van der Waals surface area (Å²) < 4.78 is 22.2. The molecule has 0 aliphatic carbocycles. The number of sulfonamides is 1. The molecule has 0 heterocycles. The van der Waals surface area contributed by atoms with Crippen molar-refractivity contribution in [1.82, 2.24) is 4.83 Å². The average molecular weight is 187 g/mol. The quantitative estimate of drug-likeness (QED) is 0.328. The summed E-state index contributed by atoms with van der Waals surface area (Å²) in [6.45, 7) is 0. The minimum absolute atomic E-state index is 0.00694. The van der Waals surface area contributed by atoms with Gasteiger partial charge in [-0.1, -0.05) is 12.1 Å². The maximum absolute atomic E-state index is 11.1. The van der Waals surface area contributed by atoms with Crippen LogP contribution in [0.3, 0.4) is 0 Å². The predicted octanol–water partition coefficient (Wildman–Crippen LogP) is -0.579. The van der Waals surface area contributed by atoms with E-state index in [4.69, 9.17) is 11.6 Å². The molecule has 0 saturated heterocycles. The van der Waals surface area contributed by atoms with Gasteiger partial charge in [-0.3, -0.25) is 5.84 Å². The second kappa shape index (κ2) is 3.10. The number of anilines is 1. The van der Waals surface area contributed by atoms with E-state index < -0.39 is 10.0 Å². The molecule has 5 nitrogen and oxygen atoms in total. The van der Waals surface area contributed by atoms with Gasteiger partial charge >= 0.3 is 0 Å². The van der Waals surface area contributed by atoms with Crippen molar-refractivity contribution in [3.8, 4) is 0 Å². The molecule has 0 saturated carbocycles. The van der Waals surface area contributed by atoms with Gasteiger partial charge in [0, 0.05) is 0 Å². The van der Waals surface area contributed by atoms with Crippen molar-refractivity contribution in [3.63, 3.8) is 0 Å². The standard InChI is InChI=1S/C6H9N3O2S/c7-5-3-1-2-4-6(5)12(10,11)9-8/h1-4,9H,7-8H2. The van der Waals surface area contributed by atoms with Gasteiger partial charge in [-0.25, -0.2) is 8.42 Å². The zero-order chi connectivity index (χ0) is 9.19. The normalized spacial score (nSPS) is 11.4. The third-order valence-corrected chi connectivity index (χ3v) is 2.62. The van der Waals surface area contributed by atoms with Gasteiger partial charge in [0.25, 0.3) is 10.0 Å². The fourth-order valence-electron chi connectivity index (χ4n) is 0.789. The van der Waals surface area contributed by atoms with Crippen LogP contribution < -0.4 is 16.4 Å². The lowest BCUT2D eigenvalue weighted by Gasteiger charge is -2.03. The molecule has 0 aliphatic rings. The van der Waals surface area contributed by atoms with E-state index in [1.807, 2.05) is 0 Å². The van der Waals surface area contributed by atoms with Gasteiger partial charge in [-0.2, -0.15) is 0 Å². The van der Waals surface area contributed by atoms with Crippen molar-refractivity contribution in [3.05, 3.63) is 24.3 Å². The minimum Gasteiger partial charge on any atom is -0.398 e. The second-order valence-corrected chi connectivity index (χ2v) is 3.84. The van der Waals surface area contributed by atoms with Crippen molar-refractivity contribution in [2.75, 3.05) is 5.73 Å². The van der Waals surface area contributed by atoms with E-state index in [-0.39, 0.29) is 10.6 Å². The molecule has 0 fully saturated rings. The Morgan fingerprint density at radius 2 is 1.83 bits per heavy atom. The first-order valence-corrected chi connectivity index (χ1v) is 4.63. The van der Waals surface area contributed by atoms with Crippen LogP contribution in [0.1, 0.15) is 0 Å². The molecule has 0 aliphatic heterocycles. The molecule has 6 heteroatoms. The number of hydrazine groups is 1. The number of hydrogen-bond donors (Lipinski definition) is 3. The smallest absolute Gasteiger partial charge is 0.255 e. The van der Waals surface area contributed by atoms with Crippen LogP contribution in [0.15, 0.2) is 29.2 Å². The molecule has 0 aromatic heterocycles. The highest BCUT2D eigenvalue weighted by Crippen LogP contribution is 2.15. The summed E-state index contributed by atoms with van der Waals surface area (Å²) in [5.74, 6) is 4.81. The third-order valence-electron chi connectivity index (χ3n) is 1.36. The van der Waals surface area contributed by atoms with Crippen LogP contribution in [0, 0.1) is 0 Å². The Balaban J connectivity index is 3.30. The number of nitrogens with one attached hydrogen (secondary N) is 1. The van der Waals surface area contributed by atoms with Gasteiger partial charge in [0.1, 0.15) is 4.90 Å². The first-order chi connectivity index (χ1) is 5.58. The van der Waals surface area contributed by atoms with Crippen LogP contribution >= 0.6 is 0 Å². The van der Waals surface area contributed by atoms with Gasteiger partial charge in [-0.05, 0) is 12.1 Å². The summed E-state index contributed by atoms with van der Waals surface area (Å²) in [5, 5.41) is 0. The van der Waals surface area contributed by atoms with Gasteiger partial charge in [0.05, 0.1) is 5.69 Å². The van der Waals surface area contributed by atoms with Crippen molar-refractivity contribution >= 4 is 15.7 Å².